The van der Waals surface area contributed by atoms with Gasteiger partial charge in [0.05, 0.1) is 13.0 Å². The Kier molecular flexibility index (Phi) is 24.2. The number of rotatable bonds is 30. The zero-order valence-corrected chi connectivity index (χ0v) is 38.2. The molecule has 1 aliphatic heterocycles. The van der Waals surface area contributed by atoms with Crippen LogP contribution in [0.1, 0.15) is 83.6 Å². The van der Waals surface area contributed by atoms with Gasteiger partial charge in [-0.25, -0.2) is 4.79 Å². The summed E-state index contributed by atoms with van der Waals surface area (Å²) in [5.74, 6) is -10.7. The molecule has 1 fully saturated rings. The molecule has 0 saturated carbocycles. The van der Waals surface area contributed by atoms with E-state index in [0.29, 0.717) is 18.4 Å². The van der Waals surface area contributed by atoms with Crippen LogP contribution in [0.3, 0.4) is 0 Å². The molecule has 19 N–H and O–H groups in total. The molecule has 0 bridgehead atoms. The highest BCUT2D eigenvalue weighted by Crippen LogP contribution is 2.21. The number of guanidine groups is 1. The molecule has 7 atom stereocenters. The van der Waals surface area contributed by atoms with Crippen molar-refractivity contribution in [1.29, 1.82) is 0 Å². The minimum absolute atomic E-state index is 0.0234. The highest BCUT2D eigenvalue weighted by Gasteiger charge is 2.40. The summed E-state index contributed by atoms with van der Waals surface area (Å²) >= 11 is 0. The number of primary amides is 1. The van der Waals surface area contributed by atoms with Crippen LogP contribution in [0.4, 0.5) is 0 Å². The van der Waals surface area contributed by atoms with Gasteiger partial charge in [0.2, 0.25) is 47.3 Å². The van der Waals surface area contributed by atoms with E-state index in [4.69, 9.17) is 28.7 Å². The van der Waals surface area contributed by atoms with E-state index < -0.39 is 120 Å². The summed E-state index contributed by atoms with van der Waals surface area (Å²) in [5, 5.41) is 44.0. The van der Waals surface area contributed by atoms with Gasteiger partial charge in [-0.3, -0.25) is 48.1 Å². The Hall–Kier alpha value is -7.09. The van der Waals surface area contributed by atoms with Gasteiger partial charge in [0.1, 0.15) is 48.0 Å². The maximum atomic E-state index is 14.1. The number of carboxylic acids is 2. The second kappa shape index (κ2) is 28.8. The molecule has 0 unspecified atom stereocenters. The van der Waals surface area contributed by atoms with E-state index in [9.17, 15) is 63.3 Å². The van der Waals surface area contributed by atoms with Crippen molar-refractivity contribution in [3.05, 3.63) is 29.8 Å². The molecule has 1 heterocycles. The number of phenols is 1. The van der Waals surface area contributed by atoms with Gasteiger partial charge >= 0.3 is 11.9 Å². The van der Waals surface area contributed by atoms with Crippen molar-refractivity contribution in [2.24, 2.45) is 39.6 Å². The van der Waals surface area contributed by atoms with Gasteiger partial charge in [-0.2, -0.15) is 0 Å². The number of nitrogens with two attached hydrogens (primary N) is 5. The summed E-state index contributed by atoms with van der Waals surface area (Å²) in [6.07, 6.45) is -0.500. The van der Waals surface area contributed by atoms with Gasteiger partial charge in [-0.05, 0) is 81.5 Å². The van der Waals surface area contributed by atoms with Gasteiger partial charge in [-0.15, -0.1) is 0 Å². The Bertz CT molecular complexity index is 1960. The lowest BCUT2D eigenvalue weighted by molar-refractivity contribution is -0.143. The Morgan fingerprint density at radius 1 is 0.721 bits per heavy atom. The number of nitrogens with one attached hydrogen (secondary N) is 6. The molecule has 68 heavy (non-hydrogen) atoms. The molecule has 0 radical (unpaired) electrons. The van der Waals surface area contributed by atoms with E-state index in [1.54, 1.807) is 0 Å². The average molecular weight is 962 g/mol. The summed E-state index contributed by atoms with van der Waals surface area (Å²) in [6.45, 7) is 2.92. The van der Waals surface area contributed by atoms with Crippen molar-refractivity contribution < 1.29 is 63.3 Å². The number of hydrogen-bond acceptors (Lipinski definition) is 14. The van der Waals surface area contributed by atoms with Crippen LogP contribution in [0.5, 0.6) is 5.75 Å². The van der Waals surface area contributed by atoms with Crippen LogP contribution in [0.15, 0.2) is 29.3 Å². The number of unbranched alkanes of at least 4 members (excludes halogenated alkanes) is 1. The van der Waals surface area contributed by atoms with Crippen LogP contribution >= 0.6 is 0 Å². The minimum atomic E-state index is -1.82. The van der Waals surface area contributed by atoms with Crippen LogP contribution in [0.25, 0.3) is 0 Å². The van der Waals surface area contributed by atoms with Crippen molar-refractivity contribution in [2.45, 2.75) is 127 Å². The number of aliphatic imine (C=N–C) groups is 1. The van der Waals surface area contributed by atoms with Crippen LogP contribution in [-0.4, -0.2) is 154 Å². The molecule has 378 valence electrons. The number of aliphatic carboxylic acids is 2. The molecule has 8 amide bonds. The molecule has 2 rings (SSSR count). The monoisotopic (exact) mass is 961 g/mol. The van der Waals surface area contributed by atoms with E-state index in [0.717, 1.165) is 0 Å². The van der Waals surface area contributed by atoms with E-state index in [-0.39, 0.29) is 82.7 Å². The largest absolute Gasteiger partial charge is 0.508 e. The molecule has 1 aromatic carbocycles. The first-order chi connectivity index (χ1) is 32.1. The lowest BCUT2D eigenvalue weighted by Crippen LogP contribution is -2.60. The molecule has 1 aliphatic rings. The Labute approximate surface area is 392 Å². The topological polar surface area (TPSA) is 449 Å². The quantitative estimate of drug-likeness (QED) is 0.0196. The molecule has 1 aromatic rings. The SMILES string of the molecule is CC(C)[C@H](NC(=O)[C@H](CC(=O)O)NC(=O)[C@H](CCCCN)NC(=O)[C@H](CCCN=C(N)N)NC(=O)[C@@H]1CCCN1C(=O)[C@H](CCC(N)=O)NC(=O)CN)C(=O)N[C@@H](Cc1ccc(O)cc1)C(=O)O. The standard InChI is InChI=1S/C42H67N13O13/c1-22(2)34(39(65)53-29(41(67)68)19-23-10-12-24(56)13-11-23)54-37(63)28(20-33(59)60)52-36(62)25(7-3-4-16-43)50-35(61)26(8-5-17-48-42(46)47)51-38(64)30-9-6-18-55(30)40(66)27(14-15-31(45)57)49-32(58)21-44/h10-13,22,25-30,34,56H,3-9,14-21,43-44H2,1-2H3,(H2,45,57)(H,49,58)(H,50,61)(H,51,64)(H,52,62)(H,53,65)(H,54,63)(H,59,60)(H,67,68)(H4,46,47,48)/t25-,26-,27-,28-,29-,30-,34-/m0/s1. The van der Waals surface area contributed by atoms with Crippen molar-refractivity contribution >= 4 is 65.2 Å². The van der Waals surface area contributed by atoms with E-state index in [2.05, 4.69) is 36.9 Å². The summed E-state index contributed by atoms with van der Waals surface area (Å²) < 4.78 is 0. The normalized spacial score (nSPS) is 15.8. The third-order valence-electron chi connectivity index (χ3n) is 10.7. The first kappa shape index (κ1) is 57.0. The maximum Gasteiger partial charge on any atom is 0.326 e. The first-order valence-electron chi connectivity index (χ1n) is 22.2. The lowest BCUT2D eigenvalue weighted by Gasteiger charge is -2.30. The fourth-order valence-electron chi connectivity index (χ4n) is 7.15. The fourth-order valence-corrected chi connectivity index (χ4v) is 7.15. The lowest BCUT2D eigenvalue weighted by atomic mass is 10.0. The van der Waals surface area contributed by atoms with Crippen LogP contribution < -0.4 is 60.6 Å². The summed E-state index contributed by atoms with van der Waals surface area (Å²) in [4.78, 5) is 136. The molecule has 0 spiro atoms. The van der Waals surface area contributed by atoms with E-state index >= 15 is 0 Å². The van der Waals surface area contributed by atoms with Crippen LogP contribution in [0.2, 0.25) is 0 Å². The number of carboxylic acid groups (broad SMARTS) is 2. The minimum Gasteiger partial charge on any atom is -0.508 e. The first-order valence-corrected chi connectivity index (χ1v) is 22.2. The summed E-state index contributed by atoms with van der Waals surface area (Å²) in [5.41, 5.74) is 27.8. The fraction of sp³-hybridized carbons (Fsp3) is 0.595. The summed E-state index contributed by atoms with van der Waals surface area (Å²) in [7, 11) is 0. The molecular formula is C42H67N13O13. The Morgan fingerprint density at radius 2 is 1.31 bits per heavy atom. The smallest absolute Gasteiger partial charge is 0.326 e. The molecule has 1 saturated heterocycles. The number of nitrogens with zero attached hydrogens (tertiary/aromatic N) is 2. The van der Waals surface area contributed by atoms with Crippen molar-refractivity contribution in [1.82, 2.24) is 36.8 Å². The van der Waals surface area contributed by atoms with Gasteiger partial charge < -0.3 is 80.8 Å². The Balaban J connectivity index is 2.37. The number of amides is 8. The second-order valence-electron chi connectivity index (χ2n) is 16.5. The van der Waals surface area contributed by atoms with Crippen molar-refractivity contribution in [3.63, 3.8) is 0 Å². The molecule has 0 aromatic heterocycles. The average Bonchev–Trinajstić information content (AvgIpc) is 3.77. The molecular weight excluding hydrogens is 895 g/mol. The number of phenolic OH excluding ortho intramolecular Hbond substituents is 1. The zero-order valence-electron chi connectivity index (χ0n) is 38.2. The third-order valence-corrected chi connectivity index (χ3v) is 10.7. The van der Waals surface area contributed by atoms with Gasteiger partial charge in [0.15, 0.2) is 5.96 Å². The third kappa shape index (κ3) is 19.8. The van der Waals surface area contributed by atoms with Crippen molar-refractivity contribution in [3.8, 4) is 5.75 Å². The van der Waals surface area contributed by atoms with Gasteiger partial charge in [0.25, 0.3) is 0 Å². The number of carbonyl (C=O) groups is 10. The van der Waals surface area contributed by atoms with E-state index in [1.807, 2.05) is 0 Å². The molecule has 0 aliphatic carbocycles. The Morgan fingerprint density at radius 3 is 1.87 bits per heavy atom. The number of carbonyl (C=O) groups excluding carboxylic acids is 8. The second-order valence-corrected chi connectivity index (χ2v) is 16.5. The number of likely N-dealkylation sites (tertiary alicyclic amines) is 1. The maximum absolute atomic E-state index is 14.1. The van der Waals surface area contributed by atoms with Gasteiger partial charge in [-0.1, -0.05) is 26.0 Å². The van der Waals surface area contributed by atoms with Crippen LogP contribution in [0, 0.1) is 5.92 Å². The highest BCUT2D eigenvalue weighted by atomic mass is 16.4. The van der Waals surface area contributed by atoms with Gasteiger partial charge in [0, 0.05) is 25.9 Å². The predicted octanol–water partition coefficient (Wildman–Crippen LogP) is -4.54. The van der Waals surface area contributed by atoms with Crippen LogP contribution in [-0.2, 0) is 54.4 Å². The predicted molar refractivity (Wildman–Crippen MR) is 243 cm³/mol. The summed E-state index contributed by atoms with van der Waals surface area (Å²) in [6, 6.07) is -4.31. The number of hydrogen-bond donors (Lipinski definition) is 14. The highest BCUT2D eigenvalue weighted by molar-refractivity contribution is 5.98. The zero-order chi connectivity index (χ0) is 51.1. The van der Waals surface area contributed by atoms with Crippen molar-refractivity contribution in [2.75, 3.05) is 26.2 Å². The number of aromatic hydroxyl groups is 1. The number of benzene rings is 1. The molecule has 26 nitrogen and oxygen atoms in total. The molecule has 26 heteroatoms. The van der Waals surface area contributed by atoms with E-state index in [1.165, 1.54) is 43.0 Å².